The lowest BCUT2D eigenvalue weighted by atomic mass is 10.2. The number of thiazole rings is 1. The number of rotatable bonds is 5. The molecule has 118 valence electrons. The molecule has 3 aromatic rings. The Hall–Kier alpha value is -2.60. The number of amides is 1. The monoisotopic (exact) mass is 327 g/mol. The van der Waals surface area contributed by atoms with E-state index in [0.29, 0.717) is 22.2 Å². The fourth-order valence-electron chi connectivity index (χ4n) is 2.08. The van der Waals surface area contributed by atoms with Crippen LogP contribution in [0.15, 0.2) is 47.1 Å². The Balaban J connectivity index is 1.67. The van der Waals surface area contributed by atoms with Crippen molar-refractivity contribution >= 4 is 28.1 Å². The maximum absolute atomic E-state index is 12.4. The number of carbonyl (C=O) groups excluding carboxylic acids is 1. The van der Waals surface area contributed by atoms with E-state index in [0.717, 1.165) is 17.0 Å². The van der Waals surface area contributed by atoms with E-state index in [1.54, 1.807) is 6.26 Å². The van der Waals surface area contributed by atoms with Gasteiger partial charge in [-0.05, 0) is 38.1 Å². The smallest absolute Gasteiger partial charge is 0.267 e. The van der Waals surface area contributed by atoms with Gasteiger partial charge in [-0.3, -0.25) is 4.79 Å². The summed E-state index contributed by atoms with van der Waals surface area (Å²) in [7, 11) is 0. The lowest BCUT2D eigenvalue weighted by Crippen LogP contribution is -2.11. The molecular formula is C17H17N3O2S. The fraction of sp³-hybridized carbons (Fsp3) is 0.176. The molecule has 5 nitrogen and oxygen atoms in total. The normalized spacial score (nSPS) is 10.5. The average Bonchev–Trinajstić information content (AvgIpc) is 3.17. The largest absolute Gasteiger partial charge is 0.467 e. The van der Waals surface area contributed by atoms with Gasteiger partial charge in [0.05, 0.1) is 18.5 Å². The fourth-order valence-corrected chi connectivity index (χ4v) is 2.94. The van der Waals surface area contributed by atoms with E-state index in [1.807, 2.05) is 50.2 Å². The van der Waals surface area contributed by atoms with Crippen molar-refractivity contribution < 1.29 is 9.21 Å². The van der Waals surface area contributed by atoms with Gasteiger partial charge in [0, 0.05) is 5.69 Å². The number of nitrogens with zero attached hydrogens (tertiary/aromatic N) is 1. The Morgan fingerprint density at radius 1 is 1.22 bits per heavy atom. The molecule has 2 aromatic heterocycles. The number of anilines is 2. The minimum Gasteiger partial charge on any atom is -0.467 e. The maximum Gasteiger partial charge on any atom is 0.267 e. The first-order chi connectivity index (χ1) is 11.1. The SMILES string of the molecule is Cc1ccc(NC(=O)c2sc(NCc3ccco3)nc2C)cc1. The van der Waals surface area contributed by atoms with E-state index in [4.69, 9.17) is 4.42 Å². The predicted octanol–water partition coefficient (Wildman–Crippen LogP) is 4.22. The predicted molar refractivity (Wildman–Crippen MR) is 92.0 cm³/mol. The molecule has 23 heavy (non-hydrogen) atoms. The van der Waals surface area contributed by atoms with Crippen LogP contribution in [0.3, 0.4) is 0 Å². The molecule has 0 bridgehead atoms. The third-order valence-electron chi connectivity index (χ3n) is 3.31. The Morgan fingerprint density at radius 3 is 2.70 bits per heavy atom. The van der Waals surface area contributed by atoms with Gasteiger partial charge in [-0.1, -0.05) is 29.0 Å². The molecule has 1 amide bonds. The first-order valence-corrected chi connectivity index (χ1v) is 8.05. The quantitative estimate of drug-likeness (QED) is 0.736. The zero-order valence-corrected chi connectivity index (χ0v) is 13.7. The number of furan rings is 1. The molecular weight excluding hydrogens is 310 g/mol. The summed E-state index contributed by atoms with van der Waals surface area (Å²) >= 11 is 1.34. The van der Waals surface area contributed by atoms with Crippen LogP contribution in [0.4, 0.5) is 10.8 Å². The van der Waals surface area contributed by atoms with E-state index in [1.165, 1.54) is 11.3 Å². The summed E-state index contributed by atoms with van der Waals surface area (Å²) in [5.41, 5.74) is 2.64. The van der Waals surface area contributed by atoms with Crippen molar-refractivity contribution in [1.29, 1.82) is 0 Å². The Bertz CT molecular complexity index is 792. The van der Waals surface area contributed by atoms with Crippen molar-refractivity contribution in [2.24, 2.45) is 0 Å². The summed E-state index contributed by atoms with van der Waals surface area (Å²) in [6, 6.07) is 11.4. The third kappa shape index (κ3) is 3.78. The van der Waals surface area contributed by atoms with Crippen LogP contribution in [0.1, 0.15) is 26.7 Å². The molecule has 0 spiro atoms. The number of hydrogen-bond acceptors (Lipinski definition) is 5. The zero-order chi connectivity index (χ0) is 16.2. The average molecular weight is 327 g/mol. The summed E-state index contributed by atoms with van der Waals surface area (Å²) in [5, 5.41) is 6.76. The molecule has 0 radical (unpaired) electrons. The van der Waals surface area contributed by atoms with Gasteiger partial charge >= 0.3 is 0 Å². The van der Waals surface area contributed by atoms with Crippen LogP contribution in [0.2, 0.25) is 0 Å². The molecule has 0 saturated carbocycles. The molecule has 0 aliphatic heterocycles. The number of hydrogen-bond donors (Lipinski definition) is 2. The molecule has 3 rings (SSSR count). The highest BCUT2D eigenvalue weighted by molar-refractivity contribution is 7.17. The molecule has 0 fully saturated rings. The standard InChI is InChI=1S/C17H17N3O2S/c1-11-5-7-13(8-6-11)20-16(21)15-12(2)19-17(23-15)18-10-14-4-3-9-22-14/h3-9H,10H2,1-2H3,(H,18,19)(H,20,21). The van der Waals surface area contributed by atoms with Crippen molar-refractivity contribution in [1.82, 2.24) is 4.98 Å². The van der Waals surface area contributed by atoms with Crippen molar-refractivity contribution in [2.75, 3.05) is 10.6 Å². The van der Waals surface area contributed by atoms with Crippen molar-refractivity contribution in [3.8, 4) is 0 Å². The Labute approximate surface area is 138 Å². The zero-order valence-electron chi connectivity index (χ0n) is 12.9. The molecule has 0 unspecified atom stereocenters. The minimum atomic E-state index is -0.144. The number of carbonyl (C=O) groups is 1. The summed E-state index contributed by atoms with van der Waals surface area (Å²) < 4.78 is 5.26. The topological polar surface area (TPSA) is 67.2 Å². The van der Waals surface area contributed by atoms with Crippen molar-refractivity contribution in [3.63, 3.8) is 0 Å². The number of nitrogens with one attached hydrogen (secondary N) is 2. The van der Waals surface area contributed by atoms with E-state index in [-0.39, 0.29) is 5.91 Å². The van der Waals surface area contributed by atoms with E-state index in [2.05, 4.69) is 15.6 Å². The van der Waals surface area contributed by atoms with Crippen LogP contribution < -0.4 is 10.6 Å². The highest BCUT2D eigenvalue weighted by atomic mass is 32.1. The molecule has 0 aliphatic rings. The highest BCUT2D eigenvalue weighted by Gasteiger charge is 2.15. The van der Waals surface area contributed by atoms with E-state index in [9.17, 15) is 4.79 Å². The lowest BCUT2D eigenvalue weighted by Gasteiger charge is -2.04. The molecule has 6 heteroatoms. The second-order valence-corrected chi connectivity index (χ2v) is 6.19. The summed E-state index contributed by atoms with van der Waals surface area (Å²) in [6.07, 6.45) is 1.63. The lowest BCUT2D eigenvalue weighted by molar-refractivity contribution is 0.103. The van der Waals surface area contributed by atoms with Crippen LogP contribution in [0, 0.1) is 13.8 Å². The maximum atomic E-state index is 12.4. The van der Waals surface area contributed by atoms with Crippen LogP contribution in [0.25, 0.3) is 0 Å². The first-order valence-electron chi connectivity index (χ1n) is 7.23. The summed E-state index contributed by atoms with van der Waals surface area (Å²) in [5.74, 6) is 0.679. The first kappa shape index (κ1) is 15.3. The van der Waals surface area contributed by atoms with Gasteiger partial charge in [0.2, 0.25) is 0 Å². The third-order valence-corrected chi connectivity index (χ3v) is 4.42. The molecule has 2 N–H and O–H groups in total. The van der Waals surface area contributed by atoms with Gasteiger partial charge in [0.25, 0.3) is 5.91 Å². The molecule has 1 aromatic carbocycles. The molecule has 0 saturated heterocycles. The summed E-state index contributed by atoms with van der Waals surface area (Å²) in [4.78, 5) is 17.4. The Morgan fingerprint density at radius 2 is 2.00 bits per heavy atom. The molecule has 0 atom stereocenters. The van der Waals surface area contributed by atoms with Gasteiger partial charge in [-0.15, -0.1) is 0 Å². The summed E-state index contributed by atoms with van der Waals surface area (Å²) in [6.45, 7) is 4.38. The van der Waals surface area contributed by atoms with Crippen LogP contribution >= 0.6 is 11.3 Å². The highest BCUT2D eigenvalue weighted by Crippen LogP contribution is 2.24. The number of benzene rings is 1. The van der Waals surface area contributed by atoms with Crippen LogP contribution in [-0.2, 0) is 6.54 Å². The molecule has 0 aliphatic carbocycles. The van der Waals surface area contributed by atoms with E-state index >= 15 is 0 Å². The van der Waals surface area contributed by atoms with Gasteiger partial charge in [-0.2, -0.15) is 0 Å². The number of aryl methyl sites for hydroxylation is 2. The van der Waals surface area contributed by atoms with Crippen LogP contribution in [-0.4, -0.2) is 10.9 Å². The second kappa shape index (κ2) is 6.66. The minimum absolute atomic E-state index is 0.144. The van der Waals surface area contributed by atoms with Gasteiger partial charge in [0.1, 0.15) is 10.6 Å². The molecule has 2 heterocycles. The van der Waals surface area contributed by atoms with Gasteiger partial charge in [0.15, 0.2) is 5.13 Å². The van der Waals surface area contributed by atoms with Crippen LogP contribution in [0.5, 0.6) is 0 Å². The second-order valence-electron chi connectivity index (χ2n) is 5.19. The van der Waals surface area contributed by atoms with Gasteiger partial charge in [-0.25, -0.2) is 4.98 Å². The van der Waals surface area contributed by atoms with Crippen molar-refractivity contribution in [2.45, 2.75) is 20.4 Å². The van der Waals surface area contributed by atoms with E-state index < -0.39 is 0 Å². The number of aromatic nitrogens is 1. The van der Waals surface area contributed by atoms with Crippen molar-refractivity contribution in [3.05, 3.63) is 64.6 Å². The Kier molecular flexibility index (Phi) is 4.43. The van der Waals surface area contributed by atoms with Gasteiger partial charge < -0.3 is 15.1 Å².